The summed E-state index contributed by atoms with van der Waals surface area (Å²) in [5, 5.41) is 2.66. The van der Waals surface area contributed by atoms with Gasteiger partial charge in [0.2, 0.25) is 0 Å². The Morgan fingerprint density at radius 2 is 1.95 bits per heavy atom. The van der Waals surface area contributed by atoms with Gasteiger partial charge in [0.1, 0.15) is 0 Å². The van der Waals surface area contributed by atoms with Gasteiger partial charge in [-0.2, -0.15) is 0 Å². The quantitative estimate of drug-likeness (QED) is 0.606. The lowest BCUT2D eigenvalue weighted by molar-refractivity contribution is -0.109. The number of hydrogen-bond donors (Lipinski definition) is 0. The third-order valence-electron chi connectivity index (χ3n) is 2.96. The molecule has 0 aliphatic rings. The van der Waals surface area contributed by atoms with Crippen LogP contribution in [0.15, 0.2) is 42.5 Å². The summed E-state index contributed by atoms with van der Waals surface area (Å²) >= 11 is 3.05. The number of carbonyl (C=O) groups excluding carboxylic acids is 1. The Morgan fingerprint density at radius 3 is 2.80 bits per heavy atom. The number of rotatable bonds is 1. The van der Waals surface area contributed by atoms with E-state index in [1.54, 1.807) is 18.3 Å². The van der Waals surface area contributed by atoms with Crippen LogP contribution in [0.2, 0.25) is 0 Å². The molecule has 3 heteroatoms. The maximum Gasteiger partial charge on any atom is 0.186 e. The van der Waals surface area contributed by atoms with E-state index in [2.05, 4.69) is 48.2 Å². The molecule has 1 heterocycles. The van der Waals surface area contributed by atoms with Crippen LogP contribution in [-0.4, -0.2) is 10.9 Å². The highest BCUT2D eigenvalue weighted by atomic mass is 32.2. The van der Waals surface area contributed by atoms with Crippen molar-refractivity contribution >= 4 is 48.4 Å². The molecule has 0 saturated carbocycles. The standard InChI is InChI=1S/C17H12OS2/c1-12(18)19-10-4-5-13-8-9-17-15(11-13)14-6-2-3-7-16(14)20-17/h2-3,6-9,11H,10H2,1H3. The molecule has 0 aliphatic carbocycles. The molecule has 0 radical (unpaired) electrons. The number of carbonyl (C=O) groups is 1. The molecule has 0 N–H and O–H groups in total. The summed E-state index contributed by atoms with van der Waals surface area (Å²) in [6.07, 6.45) is 0. The Bertz CT molecular complexity index is 849. The maximum absolute atomic E-state index is 10.8. The summed E-state index contributed by atoms with van der Waals surface area (Å²) in [4.78, 5) is 10.8. The second-order valence-electron chi connectivity index (χ2n) is 4.39. The Kier molecular flexibility index (Phi) is 3.77. The third kappa shape index (κ3) is 2.72. The van der Waals surface area contributed by atoms with Gasteiger partial charge in [0.15, 0.2) is 5.12 Å². The van der Waals surface area contributed by atoms with Gasteiger partial charge in [0, 0.05) is 32.7 Å². The molecule has 0 aliphatic heterocycles. The predicted octanol–water partition coefficient (Wildman–Crippen LogP) is 4.69. The molecule has 2 aromatic carbocycles. The fourth-order valence-corrected chi connectivity index (χ4v) is 3.51. The zero-order valence-corrected chi connectivity index (χ0v) is 12.6. The smallest absolute Gasteiger partial charge is 0.186 e. The van der Waals surface area contributed by atoms with E-state index in [1.807, 2.05) is 6.07 Å². The van der Waals surface area contributed by atoms with Crippen molar-refractivity contribution in [2.75, 3.05) is 5.75 Å². The first-order chi connectivity index (χ1) is 9.74. The molecule has 3 aromatic rings. The molecule has 0 saturated heterocycles. The van der Waals surface area contributed by atoms with E-state index in [1.165, 1.54) is 31.9 Å². The Morgan fingerprint density at radius 1 is 1.15 bits per heavy atom. The van der Waals surface area contributed by atoms with Crippen LogP contribution in [0, 0.1) is 11.8 Å². The molecule has 1 nitrogen and oxygen atoms in total. The monoisotopic (exact) mass is 296 g/mol. The van der Waals surface area contributed by atoms with E-state index in [9.17, 15) is 4.79 Å². The molecule has 0 amide bonds. The van der Waals surface area contributed by atoms with Gasteiger partial charge in [0.25, 0.3) is 0 Å². The van der Waals surface area contributed by atoms with E-state index >= 15 is 0 Å². The van der Waals surface area contributed by atoms with Gasteiger partial charge in [-0.3, -0.25) is 4.79 Å². The summed E-state index contributed by atoms with van der Waals surface area (Å²) in [7, 11) is 0. The van der Waals surface area contributed by atoms with Crippen molar-refractivity contribution in [1.82, 2.24) is 0 Å². The molecule has 0 spiro atoms. The minimum atomic E-state index is 0.110. The van der Waals surface area contributed by atoms with Crippen LogP contribution < -0.4 is 0 Å². The first kappa shape index (κ1) is 13.2. The second kappa shape index (κ2) is 5.70. The number of thioether (sulfide) groups is 1. The van der Waals surface area contributed by atoms with Crippen molar-refractivity contribution in [3.8, 4) is 11.8 Å². The summed E-state index contributed by atoms with van der Waals surface area (Å²) in [6.45, 7) is 1.57. The van der Waals surface area contributed by atoms with Crippen molar-refractivity contribution in [1.29, 1.82) is 0 Å². The highest BCUT2D eigenvalue weighted by Crippen LogP contribution is 2.33. The van der Waals surface area contributed by atoms with Gasteiger partial charge in [-0.15, -0.1) is 11.3 Å². The molecule has 1 aromatic heterocycles. The fourth-order valence-electron chi connectivity index (χ4n) is 2.08. The van der Waals surface area contributed by atoms with E-state index in [4.69, 9.17) is 0 Å². The predicted molar refractivity (Wildman–Crippen MR) is 89.3 cm³/mol. The Balaban J connectivity index is 1.97. The molecule has 20 heavy (non-hydrogen) atoms. The third-order valence-corrected chi connectivity index (χ3v) is 4.80. The second-order valence-corrected chi connectivity index (χ2v) is 6.63. The van der Waals surface area contributed by atoms with Crippen LogP contribution in [0.25, 0.3) is 20.2 Å². The SMILES string of the molecule is CC(=O)SCC#Cc1ccc2sc3ccccc3c2c1. The molecular formula is C17H12OS2. The first-order valence-corrected chi connectivity index (χ1v) is 8.08. The number of benzene rings is 2. The molecule has 0 fully saturated rings. The number of thiophene rings is 1. The van der Waals surface area contributed by atoms with Gasteiger partial charge in [0.05, 0.1) is 5.75 Å². The van der Waals surface area contributed by atoms with Crippen molar-refractivity contribution in [3.63, 3.8) is 0 Å². The minimum Gasteiger partial charge on any atom is -0.288 e. The normalized spacial score (nSPS) is 10.4. The number of fused-ring (bicyclic) bond motifs is 3. The Hall–Kier alpha value is -1.76. The largest absolute Gasteiger partial charge is 0.288 e. The fraction of sp³-hybridized carbons (Fsp3) is 0.118. The van der Waals surface area contributed by atoms with Gasteiger partial charge in [-0.05, 0) is 24.3 Å². The van der Waals surface area contributed by atoms with Crippen LogP contribution in [0.1, 0.15) is 12.5 Å². The lowest BCUT2D eigenvalue weighted by atomic mass is 10.1. The van der Waals surface area contributed by atoms with E-state index in [0.717, 1.165) is 5.56 Å². The van der Waals surface area contributed by atoms with Crippen LogP contribution in [0.3, 0.4) is 0 Å². The zero-order chi connectivity index (χ0) is 13.9. The molecule has 98 valence electrons. The lowest BCUT2D eigenvalue weighted by Gasteiger charge is -1.93. The van der Waals surface area contributed by atoms with Gasteiger partial charge in [-0.25, -0.2) is 0 Å². The summed E-state index contributed by atoms with van der Waals surface area (Å²) in [5.74, 6) is 6.72. The molecular weight excluding hydrogens is 284 g/mol. The zero-order valence-electron chi connectivity index (χ0n) is 11.0. The van der Waals surface area contributed by atoms with E-state index in [-0.39, 0.29) is 5.12 Å². The lowest BCUT2D eigenvalue weighted by Crippen LogP contribution is -1.82. The molecule has 3 rings (SSSR count). The van der Waals surface area contributed by atoms with Crippen molar-refractivity contribution in [3.05, 3.63) is 48.0 Å². The minimum absolute atomic E-state index is 0.110. The van der Waals surface area contributed by atoms with E-state index in [0.29, 0.717) is 5.75 Å². The van der Waals surface area contributed by atoms with Crippen molar-refractivity contribution in [2.45, 2.75) is 6.92 Å². The first-order valence-electron chi connectivity index (χ1n) is 6.27. The van der Waals surface area contributed by atoms with Crippen LogP contribution in [0.5, 0.6) is 0 Å². The van der Waals surface area contributed by atoms with Gasteiger partial charge in [-0.1, -0.05) is 41.8 Å². The summed E-state index contributed by atoms with van der Waals surface area (Å²) < 4.78 is 2.59. The molecule has 0 unspecified atom stereocenters. The molecule has 0 atom stereocenters. The maximum atomic E-state index is 10.8. The van der Waals surface area contributed by atoms with Crippen LogP contribution in [-0.2, 0) is 4.79 Å². The van der Waals surface area contributed by atoms with Crippen LogP contribution >= 0.6 is 23.1 Å². The average molecular weight is 296 g/mol. The highest BCUT2D eigenvalue weighted by Gasteiger charge is 2.04. The summed E-state index contributed by atoms with van der Waals surface area (Å²) in [6, 6.07) is 14.7. The van der Waals surface area contributed by atoms with Crippen LogP contribution in [0.4, 0.5) is 0 Å². The van der Waals surface area contributed by atoms with Gasteiger partial charge >= 0.3 is 0 Å². The molecule has 0 bridgehead atoms. The van der Waals surface area contributed by atoms with E-state index < -0.39 is 0 Å². The highest BCUT2D eigenvalue weighted by molar-refractivity contribution is 8.13. The summed E-state index contributed by atoms with van der Waals surface area (Å²) in [5.41, 5.74) is 1.00. The van der Waals surface area contributed by atoms with Crippen molar-refractivity contribution < 1.29 is 4.79 Å². The van der Waals surface area contributed by atoms with Gasteiger partial charge < -0.3 is 0 Å². The van der Waals surface area contributed by atoms with Crippen molar-refractivity contribution in [2.24, 2.45) is 0 Å². The Labute approximate surface area is 126 Å². The topological polar surface area (TPSA) is 17.1 Å². The average Bonchev–Trinajstić information content (AvgIpc) is 2.81. The number of hydrogen-bond acceptors (Lipinski definition) is 3.